The van der Waals surface area contributed by atoms with Crippen molar-refractivity contribution < 1.29 is 19.1 Å². The summed E-state index contributed by atoms with van der Waals surface area (Å²) in [5, 5.41) is 0. The molecule has 1 atom stereocenters. The standard InChI is InChI=1S/C11H15NO4/c1-2-14-11(13)10(8-15-12)16-9-6-4-3-5-7-9/h3-7,10H,2,8,12H2,1H3. The van der Waals surface area contributed by atoms with Crippen LogP contribution in [0.25, 0.3) is 0 Å². The number of ether oxygens (including phenoxy) is 2. The molecule has 16 heavy (non-hydrogen) atoms. The Labute approximate surface area is 94.1 Å². The number of hydrogen-bond acceptors (Lipinski definition) is 5. The average Bonchev–Trinajstić information content (AvgIpc) is 2.30. The molecule has 0 bridgehead atoms. The third-order valence-electron chi connectivity index (χ3n) is 1.82. The predicted octanol–water partition coefficient (Wildman–Crippen LogP) is 0.887. The van der Waals surface area contributed by atoms with Crippen LogP contribution < -0.4 is 10.6 Å². The molecule has 5 nitrogen and oxygen atoms in total. The second kappa shape index (κ2) is 6.81. The molecule has 0 aliphatic carbocycles. The molecule has 0 aliphatic rings. The van der Waals surface area contributed by atoms with E-state index in [1.165, 1.54) is 0 Å². The topological polar surface area (TPSA) is 70.8 Å². The minimum atomic E-state index is -0.840. The van der Waals surface area contributed by atoms with Crippen LogP contribution in [-0.4, -0.2) is 25.3 Å². The van der Waals surface area contributed by atoms with E-state index in [0.717, 1.165) is 0 Å². The first-order valence-electron chi connectivity index (χ1n) is 4.98. The molecule has 5 heteroatoms. The van der Waals surface area contributed by atoms with Crippen molar-refractivity contribution in [1.82, 2.24) is 0 Å². The zero-order valence-electron chi connectivity index (χ0n) is 9.09. The van der Waals surface area contributed by atoms with Gasteiger partial charge in [0.2, 0.25) is 6.10 Å². The Morgan fingerprint density at radius 1 is 1.38 bits per heavy atom. The molecule has 0 saturated carbocycles. The lowest BCUT2D eigenvalue weighted by Crippen LogP contribution is -2.35. The second-order valence-electron chi connectivity index (χ2n) is 3.00. The molecule has 0 spiro atoms. The first-order chi connectivity index (χ1) is 7.77. The van der Waals surface area contributed by atoms with E-state index in [-0.39, 0.29) is 13.2 Å². The van der Waals surface area contributed by atoms with Gasteiger partial charge in [0, 0.05) is 0 Å². The van der Waals surface area contributed by atoms with Crippen molar-refractivity contribution in [3.05, 3.63) is 30.3 Å². The fraction of sp³-hybridized carbons (Fsp3) is 0.364. The van der Waals surface area contributed by atoms with Crippen molar-refractivity contribution in [3.8, 4) is 5.75 Å². The first kappa shape index (κ1) is 12.5. The average molecular weight is 225 g/mol. The Balaban J connectivity index is 2.60. The Morgan fingerprint density at radius 2 is 2.06 bits per heavy atom. The summed E-state index contributed by atoms with van der Waals surface area (Å²) in [6.07, 6.45) is -0.840. The van der Waals surface area contributed by atoms with Crippen LogP contribution in [0.2, 0.25) is 0 Å². The molecule has 1 aromatic rings. The van der Waals surface area contributed by atoms with Crippen LogP contribution in [0, 0.1) is 0 Å². The van der Waals surface area contributed by atoms with Gasteiger partial charge >= 0.3 is 5.97 Å². The highest BCUT2D eigenvalue weighted by Crippen LogP contribution is 2.11. The van der Waals surface area contributed by atoms with E-state index in [1.807, 2.05) is 6.07 Å². The van der Waals surface area contributed by atoms with Crippen LogP contribution in [0.4, 0.5) is 0 Å². The van der Waals surface area contributed by atoms with E-state index in [0.29, 0.717) is 5.75 Å². The van der Waals surface area contributed by atoms with Crippen molar-refractivity contribution >= 4 is 5.97 Å². The first-order valence-corrected chi connectivity index (χ1v) is 4.98. The van der Waals surface area contributed by atoms with E-state index >= 15 is 0 Å². The van der Waals surface area contributed by atoms with Gasteiger partial charge in [0.15, 0.2) is 0 Å². The molecule has 0 heterocycles. The maximum atomic E-state index is 11.5. The van der Waals surface area contributed by atoms with Crippen LogP contribution in [0.5, 0.6) is 5.75 Å². The molecule has 2 N–H and O–H groups in total. The number of carbonyl (C=O) groups is 1. The molecule has 1 unspecified atom stereocenters. The van der Waals surface area contributed by atoms with E-state index in [1.54, 1.807) is 31.2 Å². The maximum absolute atomic E-state index is 11.5. The van der Waals surface area contributed by atoms with E-state index in [9.17, 15) is 4.79 Å². The van der Waals surface area contributed by atoms with Gasteiger partial charge in [-0.1, -0.05) is 18.2 Å². The lowest BCUT2D eigenvalue weighted by atomic mass is 10.3. The largest absolute Gasteiger partial charge is 0.476 e. The van der Waals surface area contributed by atoms with Crippen molar-refractivity contribution in [2.45, 2.75) is 13.0 Å². The van der Waals surface area contributed by atoms with E-state index in [2.05, 4.69) is 4.84 Å². The minimum Gasteiger partial charge on any atom is -0.476 e. The molecule has 88 valence electrons. The maximum Gasteiger partial charge on any atom is 0.349 e. The smallest absolute Gasteiger partial charge is 0.349 e. The Bertz CT molecular complexity index is 315. The fourth-order valence-corrected chi connectivity index (χ4v) is 1.14. The number of rotatable bonds is 6. The number of carbonyl (C=O) groups excluding carboxylic acids is 1. The summed E-state index contributed by atoms with van der Waals surface area (Å²) >= 11 is 0. The summed E-state index contributed by atoms with van der Waals surface area (Å²) in [6, 6.07) is 8.94. The van der Waals surface area contributed by atoms with Crippen molar-refractivity contribution in [3.63, 3.8) is 0 Å². The van der Waals surface area contributed by atoms with Crippen LogP contribution in [-0.2, 0) is 14.4 Å². The van der Waals surface area contributed by atoms with Crippen LogP contribution in [0.3, 0.4) is 0 Å². The van der Waals surface area contributed by atoms with Gasteiger partial charge in [-0.15, -0.1) is 0 Å². The van der Waals surface area contributed by atoms with Crippen molar-refractivity contribution in [2.24, 2.45) is 5.90 Å². The lowest BCUT2D eigenvalue weighted by molar-refractivity contribution is -0.154. The monoisotopic (exact) mass is 225 g/mol. The molecule has 0 saturated heterocycles. The molecule has 1 rings (SSSR count). The molecule has 0 fully saturated rings. The summed E-state index contributed by atoms with van der Waals surface area (Å²) in [5.41, 5.74) is 0. The molecule has 0 aromatic heterocycles. The van der Waals surface area contributed by atoms with Crippen LogP contribution in [0.15, 0.2) is 30.3 Å². The molecule has 0 amide bonds. The van der Waals surface area contributed by atoms with Gasteiger partial charge in [0.05, 0.1) is 6.61 Å². The Hall–Kier alpha value is -1.59. The Kier molecular flexibility index (Phi) is 5.31. The highest BCUT2D eigenvalue weighted by molar-refractivity contribution is 5.75. The summed E-state index contributed by atoms with van der Waals surface area (Å²) in [4.78, 5) is 15.9. The Morgan fingerprint density at radius 3 is 2.62 bits per heavy atom. The number of hydrogen-bond donors (Lipinski definition) is 1. The second-order valence-corrected chi connectivity index (χ2v) is 3.00. The third-order valence-corrected chi connectivity index (χ3v) is 1.82. The van der Waals surface area contributed by atoms with Gasteiger partial charge < -0.3 is 14.3 Å². The van der Waals surface area contributed by atoms with Gasteiger partial charge in [-0.25, -0.2) is 10.7 Å². The van der Waals surface area contributed by atoms with E-state index in [4.69, 9.17) is 15.4 Å². The summed E-state index contributed by atoms with van der Waals surface area (Å²) in [6.45, 7) is 1.96. The summed E-state index contributed by atoms with van der Waals surface area (Å²) < 4.78 is 10.2. The van der Waals surface area contributed by atoms with E-state index < -0.39 is 12.1 Å². The fourth-order valence-electron chi connectivity index (χ4n) is 1.14. The van der Waals surface area contributed by atoms with Gasteiger partial charge in [-0.05, 0) is 19.1 Å². The number of para-hydroxylation sites is 1. The molecule has 0 aliphatic heterocycles. The number of esters is 1. The third kappa shape index (κ3) is 3.88. The summed E-state index contributed by atoms with van der Waals surface area (Å²) in [7, 11) is 0. The highest BCUT2D eigenvalue weighted by Gasteiger charge is 2.21. The lowest BCUT2D eigenvalue weighted by Gasteiger charge is -2.16. The highest BCUT2D eigenvalue weighted by atomic mass is 16.6. The van der Waals surface area contributed by atoms with Gasteiger partial charge in [-0.3, -0.25) is 0 Å². The van der Waals surface area contributed by atoms with Gasteiger partial charge in [0.25, 0.3) is 0 Å². The van der Waals surface area contributed by atoms with Crippen molar-refractivity contribution in [1.29, 1.82) is 0 Å². The van der Waals surface area contributed by atoms with Crippen LogP contribution in [0.1, 0.15) is 6.92 Å². The van der Waals surface area contributed by atoms with Crippen molar-refractivity contribution in [2.75, 3.05) is 13.2 Å². The molecular formula is C11H15NO4. The zero-order chi connectivity index (χ0) is 11.8. The quantitative estimate of drug-likeness (QED) is 0.575. The summed E-state index contributed by atoms with van der Waals surface area (Å²) in [5.74, 6) is 5.01. The van der Waals surface area contributed by atoms with Gasteiger partial charge in [0.1, 0.15) is 12.4 Å². The number of benzene rings is 1. The minimum absolute atomic E-state index is 0.0479. The van der Waals surface area contributed by atoms with Gasteiger partial charge in [-0.2, -0.15) is 0 Å². The SMILES string of the molecule is CCOC(=O)C(CON)Oc1ccccc1. The predicted molar refractivity (Wildman–Crippen MR) is 57.6 cm³/mol. The van der Waals surface area contributed by atoms with Crippen LogP contribution >= 0.6 is 0 Å². The molecule has 1 aromatic carbocycles. The zero-order valence-corrected chi connectivity index (χ0v) is 9.09. The normalized spacial score (nSPS) is 11.9. The molecular weight excluding hydrogens is 210 g/mol. The molecule has 0 radical (unpaired) electrons. The number of nitrogens with two attached hydrogens (primary N) is 1.